The maximum Gasteiger partial charge on any atom is 0.261 e. The molecule has 3 nitrogen and oxygen atoms in total. The molecule has 0 saturated heterocycles. The molecule has 134 valence electrons. The smallest absolute Gasteiger partial charge is 0.261 e. The highest BCUT2D eigenvalue weighted by Gasteiger charge is 2.18. The Balaban J connectivity index is 1.81. The van der Waals surface area contributed by atoms with Crippen LogP contribution in [0, 0.1) is 13.8 Å². The first-order valence-electron chi connectivity index (χ1n) is 8.76. The summed E-state index contributed by atoms with van der Waals surface area (Å²) < 4.78 is 5.86. The number of hydrogen-bond donors (Lipinski definition) is 1. The normalized spacial score (nSPS) is 11.8. The third kappa shape index (κ3) is 5.79. The van der Waals surface area contributed by atoms with Crippen LogP contribution in [0.3, 0.4) is 0 Å². The summed E-state index contributed by atoms with van der Waals surface area (Å²) >= 11 is 6.15. The van der Waals surface area contributed by atoms with Crippen LogP contribution < -0.4 is 10.1 Å². The molecule has 0 spiro atoms. The molecule has 0 aliphatic heterocycles. The molecule has 0 fully saturated rings. The lowest BCUT2D eigenvalue weighted by molar-refractivity contribution is -0.128. The molecule has 2 rings (SSSR count). The van der Waals surface area contributed by atoms with Crippen LogP contribution in [0.1, 0.15) is 36.5 Å². The molecule has 1 N–H and O–H groups in total. The van der Waals surface area contributed by atoms with Gasteiger partial charge in [-0.3, -0.25) is 4.79 Å². The van der Waals surface area contributed by atoms with Crippen LogP contribution in [-0.4, -0.2) is 18.6 Å². The number of ether oxygens (including phenoxy) is 1. The molecule has 0 radical (unpaired) electrons. The molecule has 0 aliphatic rings. The molecule has 0 heterocycles. The molecule has 2 aromatic rings. The molecular weight excluding hydrogens is 334 g/mol. The van der Waals surface area contributed by atoms with E-state index < -0.39 is 6.10 Å². The van der Waals surface area contributed by atoms with Gasteiger partial charge in [-0.15, -0.1) is 0 Å². The molecule has 0 aliphatic carbocycles. The monoisotopic (exact) mass is 359 g/mol. The third-order valence-electron chi connectivity index (χ3n) is 4.30. The first-order chi connectivity index (χ1) is 12.0. The van der Waals surface area contributed by atoms with E-state index in [1.54, 1.807) is 0 Å². The zero-order chi connectivity index (χ0) is 18.2. The van der Waals surface area contributed by atoms with Crippen molar-refractivity contribution < 1.29 is 9.53 Å². The minimum absolute atomic E-state index is 0.0695. The fraction of sp³-hybridized carbons (Fsp3) is 0.381. The minimum atomic E-state index is -0.470. The number of amides is 1. The second-order valence-electron chi connectivity index (χ2n) is 6.25. The van der Waals surface area contributed by atoms with E-state index in [-0.39, 0.29) is 5.91 Å². The molecule has 0 unspecified atom stereocenters. The maximum atomic E-state index is 12.3. The van der Waals surface area contributed by atoms with Gasteiger partial charge in [-0.25, -0.2) is 0 Å². The molecule has 2 aromatic carbocycles. The van der Waals surface area contributed by atoms with Crippen molar-refractivity contribution in [1.29, 1.82) is 0 Å². The Morgan fingerprint density at radius 1 is 1.16 bits per heavy atom. The number of benzene rings is 2. The lowest BCUT2D eigenvalue weighted by Gasteiger charge is -2.18. The SMILES string of the molecule is CC[C@@H](Oc1ccc(C)c(C)c1)C(=O)NCCCc1ccccc1Cl. The molecule has 1 atom stereocenters. The predicted molar refractivity (Wildman–Crippen MR) is 103 cm³/mol. The Bertz CT molecular complexity index is 715. The zero-order valence-corrected chi connectivity index (χ0v) is 15.9. The van der Waals surface area contributed by atoms with Crippen LogP contribution in [0.4, 0.5) is 0 Å². The number of carbonyl (C=O) groups excluding carboxylic acids is 1. The van der Waals surface area contributed by atoms with E-state index in [4.69, 9.17) is 16.3 Å². The topological polar surface area (TPSA) is 38.3 Å². The summed E-state index contributed by atoms with van der Waals surface area (Å²) in [4.78, 5) is 12.3. The molecule has 0 bridgehead atoms. The van der Waals surface area contributed by atoms with Crippen LogP contribution in [0.15, 0.2) is 42.5 Å². The van der Waals surface area contributed by atoms with E-state index in [1.165, 1.54) is 5.56 Å². The minimum Gasteiger partial charge on any atom is -0.481 e. The van der Waals surface area contributed by atoms with Crippen molar-refractivity contribution in [1.82, 2.24) is 5.32 Å². The Labute approximate surface area is 155 Å². The Kier molecular flexibility index (Phi) is 7.32. The van der Waals surface area contributed by atoms with Crippen molar-refractivity contribution >= 4 is 17.5 Å². The fourth-order valence-electron chi connectivity index (χ4n) is 2.58. The van der Waals surface area contributed by atoms with Crippen LogP contribution in [0.2, 0.25) is 5.02 Å². The standard InChI is InChI=1S/C21H26ClNO2/c1-4-20(25-18-12-11-15(2)16(3)14-18)21(24)23-13-7-9-17-8-5-6-10-19(17)22/h5-6,8,10-12,14,20H,4,7,9,13H2,1-3H3,(H,23,24)/t20-/m1/s1. The summed E-state index contributed by atoms with van der Waals surface area (Å²) in [5.41, 5.74) is 3.48. The zero-order valence-electron chi connectivity index (χ0n) is 15.1. The van der Waals surface area contributed by atoms with Crippen molar-refractivity contribution in [3.8, 4) is 5.75 Å². The van der Waals surface area contributed by atoms with Crippen LogP contribution in [0.5, 0.6) is 5.75 Å². The number of nitrogens with one attached hydrogen (secondary N) is 1. The highest BCUT2D eigenvalue weighted by molar-refractivity contribution is 6.31. The van der Waals surface area contributed by atoms with Gasteiger partial charge in [0, 0.05) is 11.6 Å². The Hall–Kier alpha value is -2.00. The van der Waals surface area contributed by atoms with E-state index in [0.717, 1.165) is 34.7 Å². The van der Waals surface area contributed by atoms with E-state index in [9.17, 15) is 4.79 Å². The number of carbonyl (C=O) groups is 1. The van der Waals surface area contributed by atoms with Gasteiger partial charge in [-0.1, -0.05) is 42.8 Å². The van der Waals surface area contributed by atoms with Crippen molar-refractivity contribution in [3.63, 3.8) is 0 Å². The molecule has 4 heteroatoms. The van der Waals surface area contributed by atoms with Gasteiger partial charge < -0.3 is 10.1 Å². The third-order valence-corrected chi connectivity index (χ3v) is 4.67. The van der Waals surface area contributed by atoms with Crippen molar-refractivity contribution in [3.05, 3.63) is 64.2 Å². The molecule has 1 amide bonds. The van der Waals surface area contributed by atoms with Crippen molar-refractivity contribution in [2.24, 2.45) is 0 Å². The van der Waals surface area contributed by atoms with Gasteiger partial charge in [0.05, 0.1) is 0 Å². The summed E-state index contributed by atoms with van der Waals surface area (Å²) in [6.07, 6.45) is 1.84. The Morgan fingerprint density at radius 3 is 2.60 bits per heavy atom. The van der Waals surface area contributed by atoms with Gasteiger partial charge in [0.2, 0.25) is 0 Å². The lowest BCUT2D eigenvalue weighted by Crippen LogP contribution is -2.38. The lowest BCUT2D eigenvalue weighted by atomic mass is 10.1. The van der Waals surface area contributed by atoms with E-state index in [2.05, 4.69) is 12.2 Å². The highest BCUT2D eigenvalue weighted by atomic mass is 35.5. The summed E-state index contributed by atoms with van der Waals surface area (Å²) in [5.74, 6) is 0.668. The van der Waals surface area contributed by atoms with Crippen molar-refractivity contribution in [2.45, 2.75) is 46.1 Å². The maximum absolute atomic E-state index is 12.3. The van der Waals surface area contributed by atoms with E-state index >= 15 is 0 Å². The molecular formula is C21H26ClNO2. The quantitative estimate of drug-likeness (QED) is 0.683. The second kappa shape index (κ2) is 9.47. The summed E-state index contributed by atoms with van der Waals surface area (Å²) in [6, 6.07) is 13.7. The fourth-order valence-corrected chi connectivity index (χ4v) is 2.81. The first-order valence-corrected chi connectivity index (χ1v) is 9.14. The van der Waals surface area contributed by atoms with Crippen LogP contribution in [0.25, 0.3) is 0 Å². The first kappa shape index (κ1) is 19.3. The van der Waals surface area contributed by atoms with Crippen molar-refractivity contribution in [2.75, 3.05) is 6.54 Å². The average Bonchev–Trinajstić information content (AvgIpc) is 2.60. The highest BCUT2D eigenvalue weighted by Crippen LogP contribution is 2.19. The predicted octanol–water partition coefficient (Wildman–Crippen LogP) is 4.86. The molecule has 0 saturated carbocycles. The number of halogens is 1. The number of aryl methyl sites for hydroxylation is 3. The number of hydrogen-bond acceptors (Lipinski definition) is 2. The number of rotatable bonds is 8. The summed E-state index contributed by atoms with van der Waals surface area (Å²) in [5, 5.41) is 3.74. The largest absolute Gasteiger partial charge is 0.481 e. The Morgan fingerprint density at radius 2 is 1.92 bits per heavy atom. The van der Waals surface area contributed by atoms with Crippen LogP contribution in [-0.2, 0) is 11.2 Å². The molecule has 25 heavy (non-hydrogen) atoms. The molecule has 0 aromatic heterocycles. The van der Waals surface area contributed by atoms with Gasteiger partial charge in [-0.2, -0.15) is 0 Å². The average molecular weight is 360 g/mol. The second-order valence-corrected chi connectivity index (χ2v) is 6.65. The van der Waals surface area contributed by atoms with E-state index in [0.29, 0.717) is 13.0 Å². The van der Waals surface area contributed by atoms with Gasteiger partial charge in [0.25, 0.3) is 5.91 Å². The summed E-state index contributed by atoms with van der Waals surface area (Å²) in [6.45, 7) is 6.66. The van der Waals surface area contributed by atoms with Gasteiger partial charge in [0.1, 0.15) is 5.75 Å². The van der Waals surface area contributed by atoms with Gasteiger partial charge >= 0.3 is 0 Å². The van der Waals surface area contributed by atoms with Gasteiger partial charge in [0.15, 0.2) is 6.10 Å². The van der Waals surface area contributed by atoms with E-state index in [1.807, 2.05) is 56.3 Å². The summed E-state index contributed by atoms with van der Waals surface area (Å²) in [7, 11) is 0. The van der Waals surface area contributed by atoms with Crippen LogP contribution >= 0.6 is 11.6 Å². The van der Waals surface area contributed by atoms with Gasteiger partial charge in [-0.05, 0) is 68.0 Å².